The van der Waals surface area contributed by atoms with E-state index in [0.29, 0.717) is 11.4 Å². The Morgan fingerprint density at radius 3 is 2.65 bits per heavy atom. The Hall–Kier alpha value is -2.44. The molecule has 0 aliphatic carbocycles. The number of ether oxygens (including phenoxy) is 1. The molecule has 138 valence electrons. The summed E-state index contributed by atoms with van der Waals surface area (Å²) in [6.45, 7) is 9.48. The molecule has 26 heavy (non-hydrogen) atoms. The minimum atomic E-state index is -0.145. The number of morpholine rings is 1. The molecule has 2 N–H and O–H groups in total. The van der Waals surface area contributed by atoms with Gasteiger partial charge in [0.2, 0.25) is 0 Å². The van der Waals surface area contributed by atoms with Gasteiger partial charge in [0, 0.05) is 31.7 Å². The van der Waals surface area contributed by atoms with Crippen LogP contribution in [-0.4, -0.2) is 55.2 Å². The van der Waals surface area contributed by atoms with Gasteiger partial charge in [-0.3, -0.25) is 9.69 Å². The third-order valence-electron chi connectivity index (χ3n) is 4.64. The first kappa shape index (κ1) is 18.4. The summed E-state index contributed by atoms with van der Waals surface area (Å²) >= 11 is 0. The number of nitrogens with one attached hydrogen (secondary N) is 2. The third-order valence-corrected chi connectivity index (χ3v) is 4.64. The van der Waals surface area contributed by atoms with Crippen LogP contribution in [-0.2, 0) is 4.74 Å². The van der Waals surface area contributed by atoms with Gasteiger partial charge in [0.1, 0.15) is 5.82 Å². The van der Waals surface area contributed by atoms with Crippen LogP contribution in [0.15, 0.2) is 36.5 Å². The average molecular weight is 354 g/mol. The lowest BCUT2D eigenvalue weighted by Gasteiger charge is -2.26. The molecule has 1 saturated heterocycles. The van der Waals surface area contributed by atoms with Crippen molar-refractivity contribution >= 4 is 17.4 Å². The Bertz CT molecular complexity index is 740. The quantitative estimate of drug-likeness (QED) is 0.835. The number of hydrogen-bond donors (Lipinski definition) is 2. The summed E-state index contributed by atoms with van der Waals surface area (Å²) in [4.78, 5) is 19.0. The Balaban J connectivity index is 1.49. The van der Waals surface area contributed by atoms with E-state index in [-0.39, 0.29) is 5.91 Å². The van der Waals surface area contributed by atoms with Crippen LogP contribution in [0.2, 0.25) is 0 Å². The standard InChI is InChI=1S/C20H26N4O2/c1-15-3-4-17(13-16(15)2)20(25)23-19-6-5-18(14-22-19)21-7-8-24-9-11-26-12-10-24/h3-6,13-14,21H,7-12H2,1-2H3,(H,22,23,25). The van der Waals surface area contributed by atoms with Crippen molar-refractivity contribution in [2.45, 2.75) is 13.8 Å². The Labute approximate surface area is 154 Å². The van der Waals surface area contributed by atoms with Crippen LogP contribution in [0.25, 0.3) is 0 Å². The van der Waals surface area contributed by atoms with Gasteiger partial charge in [0.15, 0.2) is 0 Å². The third kappa shape index (κ3) is 5.03. The smallest absolute Gasteiger partial charge is 0.256 e. The van der Waals surface area contributed by atoms with E-state index in [1.165, 1.54) is 5.56 Å². The zero-order valence-electron chi connectivity index (χ0n) is 15.4. The van der Waals surface area contributed by atoms with Crippen LogP contribution in [0, 0.1) is 13.8 Å². The van der Waals surface area contributed by atoms with Gasteiger partial charge in [-0.1, -0.05) is 6.07 Å². The first-order valence-electron chi connectivity index (χ1n) is 9.00. The highest BCUT2D eigenvalue weighted by atomic mass is 16.5. The second-order valence-electron chi connectivity index (χ2n) is 6.57. The van der Waals surface area contributed by atoms with E-state index >= 15 is 0 Å². The summed E-state index contributed by atoms with van der Waals surface area (Å²) in [6.07, 6.45) is 1.75. The first-order chi connectivity index (χ1) is 12.6. The number of aryl methyl sites for hydroxylation is 2. The fourth-order valence-electron chi connectivity index (χ4n) is 2.83. The maximum atomic E-state index is 12.3. The molecule has 1 aliphatic rings. The van der Waals surface area contributed by atoms with Gasteiger partial charge in [0.05, 0.1) is 25.1 Å². The van der Waals surface area contributed by atoms with Crippen molar-refractivity contribution < 1.29 is 9.53 Å². The maximum absolute atomic E-state index is 12.3. The topological polar surface area (TPSA) is 66.5 Å². The number of anilines is 2. The molecule has 2 aromatic rings. The lowest BCUT2D eigenvalue weighted by molar-refractivity contribution is 0.0398. The molecule has 0 radical (unpaired) electrons. The molecular formula is C20H26N4O2. The van der Waals surface area contributed by atoms with Crippen molar-refractivity contribution in [3.63, 3.8) is 0 Å². The predicted molar refractivity (Wildman–Crippen MR) is 104 cm³/mol. The van der Waals surface area contributed by atoms with Gasteiger partial charge in [-0.05, 0) is 49.2 Å². The van der Waals surface area contributed by atoms with Gasteiger partial charge in [-0.25, -0.2) is 4.98 Å². The fourth-order valence-corrected chi connectivity index (χ4v) is 2.83. The molecule has 0 saturated carbocycles. The van der Waals surface area contributed by atoms with Crippen LogP contribution in [0.4, 0.5) is 11.5 Å². The van der Waals surface area contributed by atoms with Gasteiger partial charge >= 0.3 is 0 Å². The molecule has 2 heterocycles. The number of benzene rings is 1. The van der Waals surface area contributed by atoms with E-state index in [0.717, 1.165) is 50.6 Å². The van der Waals surface area contributed by atoms with Gasteiger partial charge in [-0.2, -0.15) is 0 Å². The monoisotopic (exact) mass is 354 g/mol. The van der Waals surface area contributed by atoms with Crippen LogP contribution >= 0.6 is 0 Å². The molecule has 3 rings (SSSR count). The number of rotatable bonds is 6. The zero-order valence-corrected chi connectivity index (χ0v) is 15.4. The van der Waals surface area contributed by atoms with Crippen LogP contribution in [0.3, 0.4) is 0 Å². The number of pyridine rings is 1. The molecule has 1 aromatic carbocycles. The van der Waals surface area contributed by atoms with E-state index in [2.05, 4.69) is 20.5 Å². The van der Waals surface area contributed by atoms with E-state index < -0.39 is 0 Å². The highest BCUT2D eigenvalue weighted by molar-refractivity contribution is 6.03. The fraction of sp³-hybridized carbons (Fsp3) is 0.400. The number of aromatic nitrogens is 1. The summed E-state index contributed by atoms with van der Waals surface area (Å²) in [6, 6.07) is 9.43. The molecule has 1 aliphatic heterocycles. The normalized spacial score (nSPS) is 14.8. The summed E-state index contributed by atoms with van der Waals surface area (Å²) in [5.41, 5.74) is 3.86. The SMILES string of the molecule is Cc1ccc(C(=O)Nc2ccc(NCCN3CCOCC3)cn2)cc1C. The van der Waals surface area contributed by atoms with Gasteiger partial charge < -0.3 is 15.4 Å². The molecule has 0 unspecified atom stereocenters. The van der Waals surface area contributed by atoms with E-state index in [1.807, 2.05) is 44.2 Å². The lowest BCUT2D eigenvalue weighted by atomic mass is 10.1. The van der Waals surface area contributed by atoms with Gasteiger partial charge in [0.25, 0.3) is 5.91 Å². The maximum Gasteiger partial charge on any atom is 0.256 e. The molecule has 6 heteroatoms. The Morgan fingerprint density at radius 1 is 1.15 bits per heavy atom. The van der Waals surface area contributed by atoms with E-state index in [1.54, 1.807) is 6.20 Å². The van der Waals surface area contributed by atoms with Crippen molar-refractivity contribution in [3.05, 3.63) is 53.2 Å². The molecular weight excluding hydrogens is 328 g/mol. The van der Waals surface area contributed by atoms with Crippen LogP contribution < -0.4 is 10.6 Å². The summed E-state index contributed by atoms with van der Waals surface area (Å²) in [7, 11) is 0. The second kappa shape index (κ2) is 8.78. The number of amides is 1. The van der Waals surface area contributed by atoms with Crippen LogP contribution in [0.1, 0.15) is 21.5 Å². The molecule has 0 bridgehead atoms. The van der Waals surface area contributed by atoms with Crippen molar-refractivity contribution in [2.24, 2.45) is 0 Å². The molecule has 1 aromatic heterocycles. The highest BCUT2D eigenvalue weighted by Crippen LogP contribution is 2.13. The predicted octanol–water partition coefficient (Wildman–Crippen LogP) is 2.69. The molecule has 1 fully saturated rings. The highest BCUT2D eigenvalue weighted by Gasteiger charge is 2.10. The van der Waals surface area contributed by atoms with Crippen molar-refractivity contribution in [2.75, 3.05) is 50.0 Å². The number of carbonyl (C=O) groups is 1. The lowest BCUT2D eigenvalue weighted by Crippen LogP contribution is -2.39. The van der Waals surface area contributed by atoms with E-state index in [9.17, 15) is 4.79 Å². The zero-order chi connectivity index (χ0) is 18.4. The van der Waals surface area contributed by atoms with Gasteiger partial charge in [-0.15, -0.1) is 0 Å². The molecule has 1 amide bonds. The molecule has 0 atom stereocenters. The van der Waals surface area contributed by atoms with Crippen molar-refractivity contribution in [3.8, 4) is 0 Å². The van der Waals surface area contributed by atoms with E-state index in [4.69, 9.17) is 4.74 Å². The largest absolute Gasteiger partial charge is 0.383 e. The molecule has 0 spiro atoms. The number of nitrogens with zero attached hydrogens (tertiary/aromatic N) is 2. The minimum Gasteiger partial charge on any atom is -0.383 e. The van der Waals surface area contributed by atoms with Crippen molar-refractivity contribution in [1.29, 1.82) is 0 Å². The summed E-state index contributed by atoms with van der Waals surface area (Å²) < 4.78 is 5.35. The number of hydrogen-bond acceptors (Lipinski definition) is 5. The molecule has 6 nitrogen and oxygen atoms in total. The first-order valence-corrected chi connectivity index (χ1v) is 9.00. The second-order valence-corrected chi connectivity index (χ2v) is 6.57. The summed E-state index contributed by atoms with van der Waals surface area (Å²) in [5, 5.41) is 6.20. The average Bonchev–Trinajstić information content (AvgIpc) is 2.66. The van der Waals surface area contributed by atoms with Crippen LogP contribution in [0.5, 0.6) is 0 Å². The number of carbonyl (C=O) groups excluding carboxylic acids is 1. The van der Waals surface area contributed by atoms with Crippen molar-refractivity contribution in [1.82, 2.24) is 9.88 Å². The summed E-state index contributed by atoms with van der Waals surface area (Å²) in [5.74, 6) is 0.403. The Morgan fingerprint density at radius 2 is 1.96 bits per heavy atom. The minimum absolute atomic E-state index is 0.145. The Kier molecular flexibility index (Phi) is 6.20.